The van der Waals surface area contributed by atoms with Crippen LogP contribution < -0.4 is 5.01 Å². The maximum atomic E-state index is 11.8. The minimum absolute atomic E-state index is 0.0695. The smallest absolute Gasteiger partial charge is 0.253 e. The van der Waals surface area contributed by atoms with E-state index in [1.807, 2.05) is 32.0 Å². The van der Waals surface area contributed by atoms with Crippen molar-refractivity contribution in [3.63, 3.8) is 0 Å². The number of hydrogen-bond acceptors (Lipinski definition) is 2. The van der Waals surface area contributed by atoms with Crippen LogP contribution in [0.4, 0.5) is 5.69 Å². The van der Waals surface area contributed by atoms with Gasteiger partial charge in [-0.25, -0.2) is 5.01 Å². The molecule has 1 aliphatic heterocycles. The fourth-order valence-corrected chi connectivity index (χ4v) is 1.74. The van der Waals surface area contributed by atoms with Gasteiger partial charge in [0.15, 0.2) is 0 Å². The summed E-state index contributed by atoms with van der Waals surface area (Å²) in [6.07, 6.45) is 1.30. The molecule has 0 aliphatic carbocycles. The van der Waals surface area contributed by atoms with Gasteiger partial charge >= 0.3 is 0 Å². The summed E-state index contributed by atoms with van der Waals surface area (Å²) < 4.78 is 0. The molecule has 0 N–H and O–H groups in total. The van der Waals surface area contributed by atoms with Crippen LogP contribution in [-0.2, 0) is 4.79 Å². The molecular weight excluding hydrogens is 200 g/mol. The molecule has 1 heterocycles. The third kappa shape index (κ3) is 1.85. The zero-order valence-electron chi connectivity index (χ0n) is 9.95. The molecule has 0 spiro atoms. The lowest BCUT2D eigenvalue weighted by molar-refractivity contribution is -0.116. The zero-order chi connectivity index (χ0) is 11.7. The van der Waals surface area contributed by atoms with Crippen LogP contribution >= 0.6 is 0 Å². The molecule has 0 bridgehead atoms. The Morgan fingerprint density at radius 3 is 2.62 bits per heavy atom. The van der Waals surface area contributed by atoms with Crippen LogP contribution in [0.2, 0.25) is 0 Å². The molecule has 3 heteroatoms. The standard InChI is InChI=1S/C13H16N2O/c1-4-11-8-13(16)15(14-11)12-6-5-9(2)10(3)7-12/h5-7H,4,8H2,1-3H3. The molecular formula is C13H16N2O. The highest BCUT2D eigenvalue weighted by molar-refractivity contribution is 6.12. The van der Waals surface area contributed by atoms with Gasteiger partial charge in [-0.05, 0) is 43.5 Å². The maximum absolute atomic E-state index is 11.8. The molecule has 84 valence electrons. The van der Waals surface area contributed by atoms with Gasteiger partial charge in [-0.2, -0.15) is 5.10 Å². The predicted octanol–water partition coefficient (Wildman–Crippen LogP) is 2.81. The molecule has 0 radical (unpaired) electrons. The number of amides is 1. The van der Waals surface area contributed by atoms with Crippen LogP contribution in [0.15, 0.2) is 23.3 Å². The Kier molecular flexibility index (Phi) is 2.77. The molecule has 1 aromatic carbocycles. The first-order valence-corrected chi connectivity index (χ1v) is 5.58. The second-order valence-electron chi connectivity index (χ2n) is 4.17. The summed E-state index contributed by atoms with van der Waals surface area (Å²) in [5.74, 6) is 0.0695. The summed E-state index contributed by atoms with van der Waals surface area (Å²) in [4.78, 5) is 11.8. The summed E-state index contributed by atoms with van der Waals surface area (Å²) in [6.45, 7) is 6.13. The Morgan fingerprint density at radius 1 is 1.31 bits per heavy atom. The minimum atomic E-state index is 0.0695. The van der Waals surface area contributed by atoms with Crippen LogP contribution in [0.5, 0.6) is 0 Å². The topological polar surface area (TPSA) is 32.7 Å². The second kappa shape index (κ2) is 4.08. The highest BCUT2D eigenvalue weighted by Gasteiger charge is 2.23. The van der Waals surface area contributed by atoms with Gasteiger partial charge in [-0.3, -0.25) is 4.79 Å². The number of carbonyl (C=O) groups is 1. The van der Waals surface area contributed by atoms with Crippen molar-refractivity contribution in [2.45, 2.75) is 33.6 Å². The van der Waals surface area contributed by atoms with Crippen LogP contribution in [-0.4, -0.2) is 11.6 Å². The first kappa shape index (κ1) is 10.9. The lowest BCUT2D eigenvalue weighted by Gasteiger charge is -2.13. The lowest BCUT2D eigenvalue weighted by Crippen LogP contribution is -2.19. The number of carbonyl (C=O) groups excluding carboxylic acids is 1. The Bertz CT molecular complexity index is 463. The summed E-state index contributed by atoms with van der Waals surface area (Å²) in [5.41, 5.74) is 4.25. The Balaban J connectivity index is 2.34. The summed E-state index contributed by atoms with van der Waals surface area (Å²) >= 11 is 0. The number of rotatable bonds is 2. The van der Waals surface area contributed by atoms with Crippen LogP contribution in [0.3, 0.4) is 0 Å². The molecule has 0 saturated heterocycles. The van der Waals surface area contributed by atoms with Gasteiger partial charge in [0.1, 0.15) is 0 Å². The van der Waals surface area contributed by atoms with E-state index in [9.17, 15) is 4.79 Å². The van der Waals surface area contributed by atoms with Crippen LogP contribution in [0, 0.1) is 13.8 Å². The molecule has 0 fully saturated rings. The van der Waals surface area contributed by atoms with Gasteiger partial charge in [0, 0.05) is 5.71 Å². The number of benzene rings is 1. The van der Waals surface area contributed by atoms with Gasteiger partial charge in [-0.15, -0.1) is 0 Å². The van der Waals surface area contributed by atoms with E-state index < -0.39 is 0 Å². The second-order valence-corrected chi connectivity index (χ2v) is 4.17. The van der Waals surface area contributed by atoms with Crippen LogP contribution in [0.25, 0.3) is 0 Å². The van der Waals surface area contributed by atoms with Gasteiger partial charge in [0.25, 0.3) is 5.91 Å². The molecule has 1 amide bonds. The number of anilines is 1. The fourth-order valence-electron chi connectivity index (χ4n) is 1.74. The first-order chi connectivity index (χ1) is 7.61. The largest absolute Gasteiger partial charge is 0.272 e. The van der Waals surface area contributed by atoms with Gasteiger partial charge in [0.05, 0.1) is 12.1 Å². The average Bonchev–Trinajstić information content (AvgIpc) is 2.64. The van der Waals surface area contributed by atoms with Crippen molar-refractivity contribution in [1.29, 1.82) is 0 Å². The van der Waals surface area contributed by atoms with Crippen molar-refractivity contribution in [2.24, 2.45) is 5.10 Å². The first-order valence-electron chi connectivity index (χ1n) is 5.58. The molecule has 1 aromatic rings. The van der Waals surface area contributed by atoms with Gasteiger partial charge in [-0.1, -0.05) is 13.0 Å². The number of nitrogens with zero attached hydrogens (tertiary/aromatic N) is 2. The third-order valence-corrected chi connectivity index (χ3v) is 2.98. The highest BCUT2D eigenvalue weighted by Crippen LogP contribution is 2.23. The fraction of sp³-hybridized carbons (Fsp3) is 0.385. The SMILES string of the molecule is CCC1=NN(c2ccc(C)c(C)c2)C(=O)C1. The molecule has 0 saturated carbocycles. The highest BCUT2D eigenvalue weighted by atomic mass is 16.2. The van der Waals surface area contributed by atoms with Gasteiger partial charge in [0.2, 0.25) is 0 Å². The molecule has 2 rings (SSSR count). The number of hydrogen-bond donors (Lipinski definition) is 0. The van der Waals surface area contributed by atoms with E-state index in [4.69, 9.17) is 0 Å². The van der Waals surface area contributed by atoms with E-state index in [1.165, 1.54) is 16.1 Å². The molecule has 0 aromatic heterocycles. The van der Waals surface area contributed by atoms with Crippen molar-refractivity contribution in [3.8, 4) is 0 Å². The minimum Gasteiger partial charge on any atom is -0.272 e. The number of hydrazone groups is 1. The quantitative estimate of drug-likeness (QED) is 0.748. The molecule has 0 atom stereocenters. The van der Waals surface area contributed by atoms with E-state index in [1.54, 1.807) is 0 Å². The van der Waals surface area contributed by atoms with Crippen LogP contribution in [0.1, 0.15) is 30.9 Å². The Hall–Kier alpha value is -1.64. The molecule has 0 unspecified atom stereocenters. The normalized spacial score (nSPS) is 15.6. The summed E-state index contributed by atoms with van der Waals surface area (Å²) in [5, 5.41) is 5.85. The van der Waals surface area contributed by atoms with Crippen molar-refractivity contribution in [3.05, 3.63) is 29.3 Å². The van der Waals surface area contributed by atoms with Gasteiger partial charge < -0.3 is 0 Å². The van der Waals surface area contributed by atoms with Crippen molar-refractivity contribution in [1.82, 2.24) is 0 Å². The van der Waals surface area contributed by atoms with Crippen molar-refractivity contribution < 1.29 is 4.79 Å². The molecule has 1 aliphatic rings. The monoisotopic (exact) mass is 216 g/mol. The van der Waals surface area contributed by atoms with Crippen molar-refractivity contribution in [2.75, 3.05) is 5.01 Å². The average molecular weight is 216 g/mol. The molecule has 3 nitrogen and oxygen atoms in total. The zero-order valence-corrected chi connectivity index (χ0v) is 9.95. The predicted molar refractivity (Wildman–Crippen MR) is 65.7 cm³/mol. The Morgan fingerprint density at radius 2 is 2.06 bits per heavy atom. The third-order valence-electron chi connectivity index (χ3n) is 2.98. The molecule has 16 heavy (non-hydrogen) atoms. The maximum Gasteiger partial charge on any atom is 0.253 e. The summed E-state index contributed by atoms with van der Waals surface area (Å²) in [6, 6.07) is 5.98. The van der Waals surface area contributed by atoms with E-state index in [0.29, 0.717) is 6.42 Å². The van der Waals surface area contributed by atoms with Crippen molar-refractivity contribution >= 4 is 17.3 Å². The summed E-state index contributed by atoms with van der Waals surface area (Å²) in [7, 11) is 0. The Labute approximate surface area is 95.8 Å². The lowest BCUT2D eigenvalue weighted by atomic mass is 10.1. The van der Waals surface area contributed by atoms with E-state index in [0.717, 1.165) is 17.8 Å². The van der Waals surface area contributed by atoms with E-state index >= 15 is 0 Å². The number of aryl methyl sites for hydroxylation is 2. The van der Waals surface area contributed by atoms with E-state index in [2.05, 4.69) is 12.0 Å². The van der Waals surface area contributed by atoms with E-state index in [-0.39, 0.29) is 5.91 Å².